The quantitative estimate of drug-likeness (QED) is 0.433. The zero-order chi connectivity index (χ0) is 23.5. The molecule has 33 heavy (non-hydrogen) atoms. The first-order valence-corrected chi connectivity index (χ1v) is 9.60. The number of hydrogen-bond donors (Lipinski definition) is 0. The van der Waals surface area contributed by atoms with Crippen LogP contribution in [0.5, 0.6) is 0 Å². The van der Waals surface area contributed by atoms with Crippen molar-refractivity contribution < 1.29 is 41.8 Å². The Kier molecular flexibility index (Phi) is 4.29. The molecule has 0 bridgehead atoms. The summed E-state index contributed by atoms with van der Waals surface area (Å²) in [6, 6.07) is 12.3. The molecule has 0 saturated carbocycles. The van der Waals surface area contributed by atoms with Gasteiger partial charge in [0.25, 0.3) is 0 Å². The molecule has 0 aliphatic carbocycles. The van der Waals surface area contributed by atoms with Crippen LogP contribution in [0.4, 0.5) is 13.2 Å². The summed E-state index contributed by atoms with van der Waals surface area (Å²) in [4.78, 5) is 48.8. The first-order valence-electron chi connectivity index (χ1n) is 9.60. The van der Waals surface area contributed by atoms with Crippen LogP contribution in [0.25, 0.3) is 0 Å². The van der Waals surface area contributed by atoms with Crippen molar-refractivity contribution in [3.05, 3.63) is 106 Å². The van der Waals surface area contributed by atoms with E-state index in [1.54, 1.807) is 0 Å². The SMILES string of the molecule is O=C1OC(=O)c2c1cccc2C(F)(c1cccc2c1C(=O)OC2=O)C(F)(F)c1ccccc1. The topological polar surface area (TPSA) is 86.7 Å². The third kappa shape index (κ3) is 2.68. The Labute approximate surface area is 183 Å². The van der Waals surface area contributed by atoms with E-state index in [-0.39, 0.29) is 0 Å². The number of halogens is 3. The molecule has 2 heterocycles. The van der Waals surface area contributed by atoms with Crippen molar-refractivity contribution >= 4 is 23.9 Å². The fourth-order valence-electron chi connectivity index (χ4n) is 4.17. The molecule has 5 rings (SSSR count). The Balaban J connectivity index is 1.90. The van der Waals surface area contributed by atoms with Gasteiger partial charge in [-0.2, -0.15) is 8.78 Å². The van der Waals surface area contributed by atoms with Gasteiger partial charge in [-0.05, 0) is 12.1 Å². The summed E-state index contributed by atoms with van der Waals surface area (Å²) in [6.45, 7) is 0. The summed E-state index contributed by atoms with van der Waals surface area (Å²) in [5.41, 5.74) is -8.57. The van der Waals surface area contributed by atoms with Gasteiger partial charge in [0.2, 0.25) is 5.67 Å². The van der Waals surface area contributed by atoms with Crippen molar-refractivity contribution in [2.75, 3.05) is 0 Å². The predicted octanol–water partition coefficient (Wildman–Crippen LogP) is 4.31. The van der Waals surface area contributed by atoms with Gasteiger partial charge >= 0.3 is 29.8 Å². The van der Waals surface area contributed by atoms with Gasteiger partial charge in [-0.15, -0.1) is 0 Å². The lowest BCUT2D eigenvalue weighted by molar-refractivity contribution is -0.129. The molecule has 0 unspecified atom stereocenters. The number of alkyl halides is 3. The molecular formula is C24H11F3O6. The number of ether oxygens (including phenoxy) is 2. The predicted molar refractivity (Wildman–Crippen MR) is 105 cm³/mol. The number of benzene rings is 3. The smallest absolute Gasteiger partial charge is 0.347 e. The minimum Gasteiger partial charge on any atom is -0.386 e. The second-order valence-corrected chi connectivity index (χ2v) is 7.41. The van der Waals surface area contributed by atoms with Gasteiger partial charge in [0, 0.05) is 16.7 Å². The summed E-state index contributed by atoms with van der Waals surface area (Å²) in [6.07, 6.45) is 0. The van der Waals surface area contributed by atoms with Crippen LogP contribution in [0.3, 0.4) is 0 Å². The van der Waals surface area contributed by atoms with E-state index in [4.69, 9.17) is 0 Å². The van der Waals surface area contributed by atoms with E-state index in [9.17, 15) is 19.2 Å². The van der Waals surface area contributed by atoms with E-state index in [0.717, 1.165) is 48.5 Å². The molecule has 2 aliphatic heterocycles. The fraction of sp³-hybridized carbons (Fsp3) is 0.0833. The Morgan fingerprint density at radius 3 is 1.45 bits per heavy atom. The minimum atomic E-state index is -4.38. The van der Waals surface area contributed by atoms with Crippen LogP contribution in [0.2, 0.25) is 0 Å². The molecular weight excluding hydrogens is 441 g/mol. The van der Waals surface area contributed by atoms with Crippen molar-refractivity contribution in [3.63, 3.8) is 0 Å². The first-order chi connectivity index (χ1) is 15.7. The number of carbonyl (C=O) groups is 4. The first kappa shape index (κ1) is 20.6. The van der Waals surface area contributed by atoms with E-state index in [1.807, 2.05) is 0 Å². The molecule has 0 spiro atoms. The summed E-state index contributed by atoms with van der Waals surface area (Å²) < 4.78 is 58.5. The van der Waals surface area contributed by atoms with Crippen molar-refractivity contribution in [1.29, 1.82) is 0 Å². The van der Waals surface area contributed by atoms with Crippen LogP contribution in [0, 0.1) is 0 Å². The van der Waals surface area contributed by atoms with Gasteiger partial charge in [-0.25, -0.2) is 23.6 Å². The average molecular weight is 452 g/mol. The Bertz CT molecular complexity index is 1300. The molecule has 0 amide bonds. The summed E-state index contributed by atoms with van der Waals surface area (Å²) in [7, 11) is 0. The van der Waals surface area contributed by atoms with Crippen LogP contribution >= 0.6 is 0 Å². The monoisotopic (exact) mass is 452 g/mol. The molecule has 0 atom stereocenters. The third-order valence-corrected chi connectivity index (χ3v) is 5.66. The molecule has 164 valence electrons. The lowest BCUT2D eigenvalue weighted by Crippen LogP contribution is -2.42. The molecule has 0 fully saturated rings. The Hall–Kier alpha value is -4.27. The second-order valence-electron chi connectivity index (χ2n) is 7.41. The number of esters is 4. The summed E-state index contributed by atoms with van der Waals surface area (Å²) in [5, 5.41) is 0. The zero-order valence-electron chi connectivity index (χ0n) is 16.4. The molecule has 9 heteroatoms. The van der Waals surface area contributed by atoms with Gasteiger partial charge in [0.1, 0.15) is 0 Å². The van der Waals surface area contributed by atoms with Crippen molar-refractivity contribution in [1.82, 2.24) is 0 Å². The Morgan fingerprint density at radius 1 is 0.545 bits per heavy atom. The van der Waals surface area contributed by atoms with Crippen molar-refractivity contribution in [3.8, 4) is 0 Å². The highest BCUT2D eigenvalue weighted by Gasteiger charge is 2.62. The maximum absolute atomic E-state index is 17.2. The molecule has 0 N–H and O–H groups in total. The summed E-state index contributed by atoms with van der Waals surface area (Å²) >= 11 is 0. The van der Waals surface area contributed by atoms with Gasteiger partial charge in [-0.1, -0.05) is 54.6 Å². The largest absolute Gasteiger partial charge is 0.386 e. The average Bonchev–Trinajstić information content (AvgIpc) is 3.28. The highest BCUT2D eigenvalue weighted by Crippen LogP contribution is 2.55. The molecule has 3 aromatic rings. The zero-order valence-corrected chi connectivity index (χ0v) is 16.4. The summed E-state index contributed by atoms with van der Waals surface area (Å²) in [5.74, 6) is -9.22. The number of carbonyl (C=O) groups excluding carboxylic acids is 4. The van der Waals surface area contributed by atoms with Crippen LogP contribution in [0.15, 0.2) is 66.7 Å². The van der Waals surface area contributed by atoms with Gasteiger partial charge in [0.05, 0.1) is 22.3 Å². The van der Waals surface area contributed by atoms with Crippen LogP contribution in [-0.2, 0) is 21.1 Å². The van der Waals surface area contributed by atoms with Gasteiger partial charge in [-0.3, -0.25) is 0 Å². The number of rotatable bonds is 4. The molecule has 0 saturated heterocycles. The third-order valence-electron chi connectivity index (χ3n) is 5.66. The molecule has 6 nitrogen and oxygen atoms in total. The van der Waals surface area contributed by atoms with Gasteiger partial charge < -0.3 is 9.47 Å². The molecule has 3 aromatic carbocycles. The van der Waals surface area contributed by atoms with E-state index >= 15 is 13.2 Å². The van der Waals surface area contributed by atoms with E-state index in [1.165, 1.54) is 18.2 Å². The van der Waals surface area contributed by atoms with Crippen LogP contribution in [0.1, 0.15) is 58.1 Å². The number of cyclic esters (lactones) is 4. The van der Waals surface area contributed by atoms with Gasteiger partial charge in [0.15, 0.2) is 0 Å². The maximum atomic E-state index is 17.2. The standard InChI is InChI=1S/C24H11F3O6/c25-23(24(26,27)12-6-2-1-3-7-12,15-10-4-8-13-17(15)21(30)32-19(13)28)16-11-5-9-14-18(16)22(31)33-20(14)29/h1-11H. The molecule has 0 radical (unpaired) electrons. The van der Waals surface area contributed by atoms with Crippen LogP contribution < -0.4 is 0 Å². The highest BCUT2D eigenvalue weighted by atomic mass is 19.3. The Morgan fingerprint density at radius 2 is 1.00 bits per heavy atom. The lowest BCUT2D eigenvalue weighted by atomic mass is 9.75. The number of hydrogen-bond acceptors (Lipinski definition) is 6. The number of fused-ring (bicyclic) bond motifs is 2. The minimum absolute atomic E-state index is 0.394. The highest BCUT2D eigenvalue weighted by molar-refractivity contribution is 6.17. The molecule has 2 aliphatic rings. The maximum Gasteiger partial charge on any atom is 0.347 e. The van der Waals surface area contributed by atoms with Crippen molar-refractivity contribution in [2.24, 2.45) is 0 Å². The van der Waals surface area contributed by atoms with E-state index in [0.29, 0.717) is 0 Å². The van der Waals surface area contributed by atoms with Crippen LogP contribution in [-0.4, -0.2) is 23.9 Å². The van der Waals surface area contributed by atoms with E-state index < -0.39 is 74.4 Å². The van der Waals surface area contributed by atoms with E-state index in [2.05, 4.69) is 9.47 Å². The normalized spacial score (nSPS) is 15.2. The molecule has 0 aromatic heterocycles. The van der Waals surface area contributed by atoms with Crippen molar-refractivity contribution in [2.45, 2.75) is 11.6 Å². The second kappa shape index (κ2) is 6.86. The lowest BCUT2D eigenvalue weighted by Gasteiger charge is -2.36. The fourth-order valence-corrected chi connectivity index (χ4v) is 4.17.